The molecule has 4 nitrogen and oxygen atoms in total. The third-order valence-electron chi connectivity index (χ3n) is 6.39. The van der Waals surface area contributed by atoms with Crippen LogP contribution in [0.1, 0.15) is 59.6 Å². The third-order valence-corrected chi connectivity index (χ3v) is 6.39. The largest absolute Gasteiger partial charge is 0.337 e. The SMILES string of the molecule is CO[C@@]12O[C@@H](C(=O)c3ccccc31)[C@@H](c1ccccc1)N2C1CCCCC1. The number of benzene rings is 2. The second-order valence-corrected chi connectivity index (χ2v) is 7.79. The fraction of sp³-hybridized carbons (Fsp3) is 0.435. The molecule has 4 heteroatoms. The van der Waals surface area contributed by atoms with E-state index in [4.69, 9.17) is 9.47 Å². The Morgan fingerprint density at radius 2 is 1.70 bits per heavy atom. The summed E-state index contributed by atoms with van der Waals surface area (Å²) in [6.07, 6.45) is 5.39. The van der Waals surface area contributed by atoms with Crippen molar-refractivity contribution in [3.63, 3.8) is 0 Å². The van der Waals surface area contributed by atoms with Gasteiger partial charge in [-0.1, -0.05) is 73.9 Å². The van der Waals surface area contributed by atoms with Crippen LogP contribution in [0.4, 0.5) is 0 Å². The summed E-state index contributed by atoms with van der Waals surface area (Å²) in [5, 5.41) is 0. The molecule has 0 N–H and O–H groups in total. The van der Waals surface area contributed by atoms with Crippen LogP contribution in [0.5, 0.6) is 0 Å². The summed E-state index contributed by atoms with van der Waals surface area (Å²) in [5.41, 5.74) is 2.70. The van der Waals surface area contributed by atoms with Crippen molar-refractivity contribution in [3.8, 4) is 0 Å². The Bertz CT molecular complexity index is 846. The van der Waals surface area contributed by atoms with Gasteiger partial charge in [0.2, 0.25) is 0 Å². The van der Waals surface area contributed by atoms with Crippen LogP contribution in [0.25, 0.3) is 0 Å². The van der Waals surface area contributed by atoms with E-state index in [1.54, 1.807) is 7.11 Å². The van der Waals surface area contributed by atoms with E-state index in [1.807, 2.05) is 42.5 Å². The Hall–Kier alpha value is -2.01. The van der Waals surface area contributed by atoms with Crippen LogP contribution in [-0.4, -0.2) is 29.9 Å². The highest BCUT2D eigenvalue weighted by Gasteiger charge is 2.63. The first-order chi connectivity index (χ1) is 13.3. The molecule has 0 amide bonds. The summed E-state index contributed by atoms with van der Waals surface area (Å²) >= 11 is 0. The highest BCUT2D eigenvalue weighted by molar-refractivity contribution is 6.03. The standard InChI is InChI=1S/C23H25NO3/c1-26-23-19-15-9-8-14-18(19)21(25)22(27-23)20(16-10-4-2-5-11-16)24(23)17-12-6-3-7-13-17/h2,4-5,8-11,14-15,17,20,22H,3,6-7,12-13H2,1H3/t20-,22-,23-/m1/s1. The van der Waals surface area contributed by atoms with Crippen LogP contribution in [0, 0.1) is 0 Å². The van der Waals surface area contributed by atoms with Gasteiger partial charge in [0.15, 0.2) is 5.78 Å². The lowest BCUT2D eigenvalue weighted by Crippen LogP contribution is -2.51. The molecule has 2 bridgehead atoms. The molecule has 1 saturated heterocycles. The molecule has 2 aromatic carbocycles. The lowest BCUT2D eigenvalue weighted by Gasteiger charge is -2.44. The lowest BCUT2D eigenvalue weighted by molar-refractivity contribution is -0.294. The van der Waals surface area contributed by atoms with Crippen LogP contribution in [0.2, 0.25) is 0 Å². The molecule has 0 unspecified atom stereocenters. The first-order valence-corrected chi connectivity index (χ1v) is 9.96. The van der Waals surface area contributed by atoms with Crippen molar-refractivity contribution in [2.24, 2.45) is 0 Å². The number of rotatable bonds is 3. The number of nitrogens with zero attached hydrogens (tertiary/aromatic N) is 1. The molecule has 2 heterocycles. The summed E-state index contributed by atoms with van der Waals surface area (Å²) in [6, 6.07) is 18.3. The van der Waals surface area contributed by atoms with Crippen molar-refractivity contribution in [2.75, 3.05) is 7.11 Å². The van der Waals surface area contributed by atoms with Crippen molar-refractivity contribution < 1.29 is 14.3 Å². The number of fused-ring (bicyclic) bond motifs is 4. The van der Waals surface area contributed by atoms with Gasteiger partial charge in [-0.05, 0) is 18.4 Å². The number of ether oxygens (including phenoxy) is 2. The van der Waals surface area contributed by atoms with E-state index >= 15 is 0 Å². The normalized spacial score (nSPS) is 31.1. The van der Waals surface area contributed by atoms with Gasteiger partial charge in [-0.15, -0.1) is 0 Å². The minimum atomic E-state index is -0.988. The minimum Gasteiger partial charge on any atom is -0.337 e. The predicted octanol–water partition coefficient (Wildman–Crippen LogP) is 4.41. The average molecular weight is 363 g/mol. The lowest BCUT2D eigenvalue weighted by atomic mass is 9.90. The molecule has 3 aliphatic rings. The van der Waals surface area contributed by atoms with Crippen LogP contribution in [0.15, 0.2) is 54.6 Å². The fourth-order valence-electron chi connectivity index (χ4n) is 5.23. The maximum Gasteiger partial charge on any atom is 0.260 e. The van der Waals surface area contributed by atoms with Crippen molar-refractivity contribution in [1.82, 2.24) is 4.90 Å². The van der Waals surface area contributed by atoms with Crippen LogP contribution >= 0.6 is 0 Å². The van der Waals surface area contributed by atoms with Gasteiger partial charge in [0.25, 0.3) is 5.91 Å². The average Bonchev–Trinajstić information content (AvgIpc) is 3.07. The van der Waals surface area contributed by atoms with E-state index in [1.165, 1.54) is 19.3 Å². The van der Waals surface area contributed by atoms with Gasteiger partial charge < -0.3 is 9.47 Å². The monoisotopic (exact) mass is 363 g/mol. The summed E-state index contributed by atoms with van der Waals surface area (Å²) in [7, 11) is 1.70. The van der Waals surface area contributed by atoms with E-state index in [-0.39, 0.29) is 11.8 Å². The Morgan fingerprint density at radius 1 is 1.00 bits per heavy atom. The topological polar surface area (TPSA) is 38.8 Å². The Morgan fingerprint density at radius 3 is 2.44 bits per heavy atom. The molecule has 27 heavy (non-hydrogen) atoms. The minimum absolute atomic E-state index is 0.0606. The van der Waals surface area contributed by atoms with Gasteiger partial charge in [0.05, 0.1) is 6.04 Å². The van der Waals surface area contributed by atoms with E-state index in [0.29, 0.717) is 6.04 Å². The second kappa shape index (κ2) is 6.55. The predicted molar refractivity (Wildman–Crippen MR) is 102 cm³/mol. The number of Topliss-reactive ketones (excluding diaryl/α,β-unsaturated/α-hetero) is 1. The van der Waals surface area contributed by atoms with Crippen molar-refractivity contribution in [2.45, 2.75) is 56.2 Å². The van der Waals surface area contributed by atoms with E-state index in [0.717, 1.165) is 29.5 Å². The first kappa shape index (κ1) is 17.1. The van der Waals surface area contributed by atoms with Gasteiger partial charge in [-0.25, -0.2) is 4.90 Å². The molecule has 1 saturated carbocycles. The Kier molecular flexibility index (Phi) is 4.15. The molecule has 0 radical (unpaired) electrons. The molecule has 3 atom stereocenters. The van der Waals surface area contributed by atoms with Gasteiger partial charge in [0, 0.05) is 24.3 Å². The maximum absolute atomic E-state index is 13.3. The van der Waals surface area contributed by atoms with Gasteiger partial charge in [0.1, 0.15) is 6.10 Å². The quantitative estimate of drug-likeness (QED) is 0.809. The molecule has 0 aromatic heterocycles. The zero-order valence-corrected chi connectivity index (χ0v) is 15.6. The highest BCUT2D eigenvalue weighted by atomic mass is 16.7. The van der Waals surface area contributed by atoms with Crippen molar-refractivity contribution >= 4 is 5.78 Å². The van der Waals surface area contributed by atoms with E-state index in [2.05, 4.69) is 17.0 Å². The molecule has 1 aliphatic carbocycles. The number of methoxy groups -OCH3 is 1. The highest BCUT2D eigenvalue weighted by Crippen LogP contribution is 2.55. The molecule has 2 fully saturated rings. The second-order valence-electron chi connectivity index (χ2n) is 7.79. The first-order valence-electron chi connectivity index (χ1n) is 9.96. The molecular weight excluding hydrogens is 338 g/mol. The van der Waals surface area contributed by atoms with Crippen LogP contribution < -0.4 is 0 Å². The van der Waals surface area contributed by atoms with Gasteiger partial charge in [-0.2, -0.15) is 0 Å². The van der Waals surface area contributed by atoms with Crippen LogP contribution in [-0.2, 0) is 15.4 Å². The Balaban J connectivity index is 1.71. The summed E-state index contributed by atoms with van der Waals surface area (Å²) < 4.78 is 12.6. The number of hydrogen-bond donors (Lipinski definition) is 0. The summed E-state index contributed by atoms with van der Waals surface area (Å²) in [5.74, 6) is -0.928. The van der Waals surface area contributed by atoms with Crippen molar-refractivity contribution in [1.29, 1.82) is 0 Å². The molecule has 140 valence electrons. The van der Waals surface area contributed by atoms with Gasteiger partial charge in [-0.3, -0.25) is 4.79 Å². The third kappa shape index (κ3) is 2.44. The molecular formula is C23H25NO3. The Labute approximate surface area is 160 Å². The zero-order valence-electron chi connectivity index (χ0n) is 15.6. The van der Waals surface area contributed by atoms with Crippen molar-refractivity contribution in [3.05, 3.63) is 71.3 Å². The summed E-state index contributed by atoms with van der Waals surface area (Å²) in [4.78, 5) is 15.7. The van der Waals surface area contributed by atoms with E-state index < -0.39 is 12.0 Å². The molecule has 2 aliphatic heterocycles. The molecule has 5 rings (SSSR count). The number of hydrogen-bond acceptors (Lipinski definition) is 4. The number of carbonyl (C=O) groups excluding carboxylic acids is 1. The molecule has 2 aromatic rings. The number of ketones is 1. The van der Waals surface area contributed by atoms with Crippen LogP contribution in [0.3, 0.4) is 0 Å². The smallest absolute Gasteiger partial charge is 0.260 e. The summed E-state index contributed by atoms with van der Waals surface area (Å²) in [6.45, 7) is 0. The zero-order chi connectivity index (χ0) is 18.4. The number of carbonyl (C=O) groups is 1. The van der Waals surface area contributed by atoms with Gasteiger partial charge >= 0.3 is 0 Å². The van der Waals surface area contributed by atoms with E-state index in [9.17, 15) is 4.79 Å². The molecule has 0 spiro atoms. The maximum atomic E-state index is 13.3. The fourth-order valence-corrected chi connectivity index (χ4v) is 5.23.